The van der Waals surface area contributed by atoms with Crippen molar-refractivity contribution in [2.24, 2.45) is 0 Å². The normalized spacial score (nSPS) is 18.1. The van der Waals surface area contributed by atoms with E-state index >= 15 is 0 Å². The summed E-state index contributed by atoms with van der Waals surface area (Å²) in [5.74, 6) is 3.35. The van der Waals surface area contributed by atoms with Crippen LogP contribution in [0.2, 0.25) is 0 Å². The first-order valence-corrected chi connectivity index (χ1v) is 8.23. The lowest BCUT2D eigenvalue weighted by Gasteiger charge is -2.22. The molecular weight excluding hydrogens is 332 g/mol. The zero-order valence-electron chi connectivity index (χ0n) is 13.9. The van der Waals surface area contributed by atoms with E-state index in [1.165, 1.54) is 0 Å². The molecule has 0 saturated carbocycles. The Kier molecular flexibility index (Phi) is 3.02. The molecule has 1 fully saturated rings. The number of aryl methyl sites for hydroxylation is 1. The molecule has 1 atom stereocenters. The van der Waals surface area contributed by atoms with E-state index in [4.69, 9.17) is 10.9 Å². The van der Waals surface area contributed by atoms with Gasteiger partial charge in [0.15, 0.2) is 11.5 Å². The molecule has 0 radical (unpaired) electrons. The standard InChI is InChI=1S/C18H14N6O2/c1-3-11-4-5-13-12(8-11)18(25)24-14(6-7-20-24)16-15(19-9-23(13)16)17-21-10(2)22-26-17/h1,4-5,8-9,14,20H,6-7H2,2H3/t14-/m0/s1. The molecule has 1 aromatic carbocycles. The van der Waals surface area contributed by atoms with Crippen LogP contribution in [0.4, 0.5) is 0 Å². The van der Waals surface area contributed by atoms with E-state index in [2.05, 4.69) is 26.5 Å². The number of carbonyl (C=O) groups is 1. The number of imidazole rings is 1. The number of terminal acetylenes is 1. The van der Waals surface area contributed by atoms with Gasteiger partial charge in [0, 0.05) is 12.1 Å². The van der Waals surface area contributed by atoms with Crippen molar-refractivity contribution in [1.29, 1.82) is 0 Å². The lowest BCUT2D eigenvalue weighted by Crippen LogP contribution is -2.38. The number of aromatic nitrogens is 4. The number of hydrazine groups is 1. The molecule has 5 rings (SSSR count). The van der Waals surface area contributed by atoms with Gasteiger partial charge in [-0.05, 0) is 31.5 Å². The van der Waals surface area contributed by atoms with Crippen LogP contribution < -0.4 is 5.43 Å². The number of fused-ring (bicyclic) bond motifs is 5. The zero-order chi connectivity index (χ0) is 17.8. The number of nitrogens with zero attached hydrogens (tertiary/aromatic N) is 5. The molecule has 2 aliphatic rings. The van der Waals surface area contributed by atoms with Crippen molar-refractivity contribution in [2.45, 2.75) is 19.4 Å². The number of nitrogens with one attached hydrogen (secondary N) is 1. The number of rotatable bonds is 1. The third-order valence-electron chi connectivity index (χ3n) is 4.73. The van der Waals surface area contributed by atoms with Gasteiger partial charge >= 0.3 is 0 Å². The minimum Gasteiger partial charge on any atom is -0.332 e. The van der Waals surface area contributed by atoms with Crippen LogP contribution in [0.15, 0.2) is 29.0 Å². The molecule has 8 heteroatoms. The van der Waals surface area contributed by atoms with Gasteiger partial charge in [0.2, 0.25) is 0 Å². The molecule has 3 aromatic rings. The molecule has 0 aliphatic carbocycles. The highest BCUT2D eigenvalue weighted by molar-refractivity contribution is 5.99. The smallest absolute Gasteiger partial charge is 0.278 e. The summed E-state index contributed by atoms with van der Waals surface area (Å²) in [4.78, 5) is 21.9. The molecular formula is C18H14N6O2. The molecule has 0 unspecified atom stereocenters. The second-order valence-electron chi connectivity index (χ2n) is 6.26. The molecule has 1 saturated heterocycles. The van der Waals surface area contributed by atoms with Crippen LogP contribution in [0.1, 0.15) is 39.9 Å². The highest BCUT2D eigenvalue weighted by atomic mass is 16.5. The minimum absolute atomic E-state index is 0.115. The number of hydrogen-bond donors (Lipinski definition) is 1. The van der Waals surface area contributed by atoms with E-state index < -0.39 is 0 Å². The molecule has 1 amide bonds. The fourth-order valence-corrected chi connectivity index (χ4v) is 3.60. The molecule has 128 valence electrons. The van der Waals surface area contributed by atoms with Gasteiger partial charge in [-0.25, -0.2) is 10.4 Å². The van der Waals surface area contributed by atoms with Crippen molar-refractivity contribution < 1.29 is 9.32 Å². The largest absolute Gasteiger partial charge is 0.332 e. The van der Waals surface area contributed by atoms with E-state index in [1.54, 1.807) is 24.3 Å². The van der Waals surface area contributed by atoms with Gasteiger partial charge in [-0.3, -0.25) is 14.4 Å². The molecule has 8 nitrogen and oxygen atoms in total. The fraction of sp³-hybridized carbons (Fsp3) is 0.222. The van der Waals surface area contributed by atoms with Crippen molar-refractivity contribution >= 4 is 5.91 Å². The van der Waals surface area contributed by atoms with Crippen LogP contribution >= 0.6 is 0 Å². The van der Waals surface area contributed by atoms with E-state index in [0.29, 0.717) is 35.1 Å². The van der Waals surface area contributed by atoms with Crippen LogP contribution in [-0.2, 0) is 0 Å². The van der Waals surface area contributed by atoms with E-state index in [1.807, 2.05) is 16.7 Å². The highest BCUT2D eigenvalue weighted by Crippen LogP contribution is 2.39. The predicted octanol–water partition coefficient (Wildman–Crippen LogP) is 1.62. The second kappa shape index (κ2) is 5.28. The third kappa shape index (κ3) is 1.95. The van der Waals surface area contributed by atoms with Crippen molar-refractivity contribution in [3.05, 3.63) is 47.2 Å². The number of amides is 1. The quantitative estimate of drug-likeness (QED) is 0.674. The summed E-state index contributed by atoms with van der Waals surface area (Å²) < 4.78 is 7.24. The number of carbonyl (C=O) groups excluding carboxylic acids is 1. The van der Waals surface area contributed by atoms with Gasteiger partial charge in [0.25, 0.3) is 11.8 Å². The van der Waals surface area contributed by atoms with Gasteiger partial charge < -0.3 is 4.52 Å². The Balaban J connectivity index is 1.80. The molecule has 4 heterocycles. The molecule has 2 aromatic heterocycles. The number of hydrogen-bond acceptors (Lipinski definition) is 6. The average molecular weight is 346 g/mol. The third-order valence-corrected chi connectivity index (χ3v) is 4.73. The van der Waals surface area contributed by atoms with Gasteiger partial charge in [-0.1, -0.05) is 11.1 Å². The Labute approximate surface area is 148 Å². The fourth-order valence-electron chi connectivity index (χ4n) is 3.60. The van der Waals surface area contributed by atoms with Gasteiger partial charge in [-0.15, -0.1) is 6.42 Å². The molecule has 0 spiro atoms. The van der Waals surface area contributed by atoms with E-state index in [0.717, 1.165) is 17.8 Å². The molecule has 26 heavy (non-hydrogen) atoms. The maximum atomic E-state index is 13.1. The maximum absolute atomic E-state index is 13.1. The van der Waals surface area contributed by atoms with Crippen LogP contribution in [0.25, 0.3) is 17.3 Å². The highest BCUT2D eigenvalue weighted by Gasteiger charge is 2.40. The summed E-state index contributed by atoms with van der Waals surface area (Å²) in [7, 11) is 0. The topological polar surface area (TPSA) is 89.1 Å². The molecule has 0 bridgehead atoms. The van der Waals surface area contributed by atoms with Crippen LogP contribution in [-0.4, -0.2) is 37.2 Å². The lowest BCUT2D eigenvalue weighted by atomic mass is 10.1. The monoisotopic (exact) mass is 346 g/mol. The Morgan fingerprint density at radius 1 is 1.42 bits per heavy atom. The summed E-state index contributed by atoms with van der Waals surface area (Å²) in [6, 6.07) is 5.21. The van der Waals surface area contributed by atoms with Crippen molar-refractivity contribution in [3.63, 3.8) is 0 Å². The summed E-state index contributed by atoms with van der Waals surface area (Å²) in [6.07, 6.45) is 7.96. The zero-order valence-corrected chi connectivity index (χ0v) is 13.9. The molecule has 1 N–H and O–H groups in total. The lowest BCUT2D eigenvalue weighted by molar-refractivity contribution is 0.0653. The number of benzene rings is 1. The predicted molar refractivity (Wildman–Crippen MR) is 91.1 cm³/mol. The van der Waals surface area contributed by atoms with Crippen molar-refractivity contribution in [3.8, 4) is 29.6 Å². The first-order chi connectivity index (χ1) is 12.7. The SMILES string of the molecule is C#Cc1ccc2c(c1)C(=O)N1NCC[C@H]1c1c(-c3nc(C)no3)ncn1-2. The Morgan fingerprint density at radius 3 is 3.08 bits per heavy atom. The Morgan fingerprint density at radius 2 is 2.31 bits per heavy atom. The van der Waals surface area contributed by atoms with Gasteiger partial charge in [-0.2, -0.15) is 4.98 Å². The first kappa shape index (κ1) is 14.9. The summed E-state index contributed by atoms with van der Waals surface area (Å²) in [5.41, 5.74) is 6.52. The maximum Gasteiger partial charge on any atom is 0.278 e. The summed E-state index contributed by atoms with van der Waals surface area (Å²) in [6.45, 7) is 2.44. The van der Waals surface area contributed by atoms with Gasteiger partial charge in [0.1, 0.15) is 6.33 Å². The van der Waals surface area contributed by atoms with Crippen LogP contribution in [0.5, 0.6) is 0 Å². The van der Waals surface area contributed by atoms with Gasteiger partial charge in [0.05, 0.1) is 23.0 Å². The van der Waals surface area contributed by atoms with Crippen molar-refractivity contribution in [1.82, 2.24) is 30.1 Å². The molecule has 2 aliphatic heterocycles. The minimum atomic E-state index is -0.186. The van der Waals surface area contributed by atoms with E-state index in [-0.39, 0.29) is 11.9 Å². The van der Waals surface area contributed by atoms with Crippen LogP contribution in [0.3, 0.4) is 0 Å². The Hall–Kier alpha value is -3.44. The summed E-state index contributed by atoms with van der Waals surface area (Å²) in [5, 5.41) is 5.50. The Bertz CT molecular complexity index is 1090. The van der Waals surface area contributed by atoms with Crippen molar-refractivity contribution in [2.75, 3.05) is 6.54 Å². The first-order valence-electron chi connectivity index (χ1n) is 8.23. The summed E-state index contributed by atoms with van der Waals surface area (Å²) >= 11 is 0. The second-order valence-corrected chi connectivity index (χ2v) is 6.26. The van der Waals surface area contributed by atoms with Crippen LogP contribution in [0, 0.1) is 19.3 Å². The van der Waals surface area contributed by atoms with E-state index in [9.17, 15) is 4.79 Å². The average Bonchev–Trinajstić information content (AvgIpc) is 3.37.